The van der Waals surface area contributed by atoms with E-state index in [0.29, 0.717) is 12.2 Å². The Morgan fingerprint density at radius 1 is 1.33 bits per heavy atom. The van der Waals surface area contributed by atoms with Crippen molar-refractivity contribution in [1.82, 2.24) is 4.90 Å². The molecule has 1 aromatic rings. The van der Waals surface area contributed by atoms with Crippen LogP contribution in [0.4, 0.5) is 15.8 Å². The van der Waals surface area contributed by atoms with E-state index in [4.69, 9.17) is 0 Å². The third-order valence-electron chi connectivity index (χ3n) is 4.03. The van der Waals surface area contributed by atoms with Crippen LogP contribution in [0.1, 0.15) is 27.7 Å². The lowest BCUT2D eigenvalue weighted by atomic mass is 10.0. The van der Waals surface area contributed by atoms with Crippen molar-refractivity contribution in [2.75, 3.05) is 24.5 Å². The quantitative estimate of drug-likeness (QED) is 0.621. The maximum atomic E-state index is 14.1. The molecule has 2 rings (SSSR count). The number of halogens is 1. The zero-order chi connectivity index (χ0) is 15.8. The monoisotopic (exact) mass is 295 g/mol. The van der Waals surface area contributed by atoms with Gasteiger partial charge < -0.3 is 4.90 Å². The maximum Gasteiger partial charge on any atom is 0.272 e. The summed E-state index contributed by atoms with van der Waals surface area (Å²) in [5.41, 5.74) is 0.327. The van der Waals surface area contributed by atoms with Gasteiger partial charge in [0.15, 0.2) is 5.82 Å². The number of hydrogen-bond acceptors (Lipinski definition) is 4. The number of rotatable bonds is 2. The number of benzene rings is 1. The third-order valence-corrected chi connectivity index (χ3v) is 4.03. The lowest BCUT2D eigenvalue weighted by Crippen LogP contribution is -2.57. The molecule has 0 aliphatic carbocycles. The SMILES string of the molecule is C[C@H]1CN(C(C)(C)C)CCN1c1ccc([N+](=O)[O-])cc1F. The minimum atomic E-state index is -0.576. The highest BCUT2D eigenvalue weighted by Crippen LogP contribution is 2.28. The number of anilines is 1. The highest BCUT2D eigenvalue weighted by Gasteiger charge is 2.31. The van der Waals surface area contributed by atoms with Gasteiger partial charge in [-0.1, -0.05) is 0 Å². The van der Waals surface area contributed by atoms with Gasteiger partial charge in [-0.15, -0.1) is 0 Å². The minimum Gasteiger partial charge on any atom is -0.364 e. The van der Waals surface area contributed by atoms with Crippen LogP contribution in [0.2, 0.25) is 0 Å². The molecule has 0 spiro atoms. The molecule has 0 radical (unpaired) electrons. The number of piperazine rings is 1. The lowest BCUT2D eigenvalue weighted by Gasteiger charge is -2.46. The van der Waals surface area contributed by atoms with Gasteiger partial charge >= 0.3 is 0 Å². The second-order valence-electron chi connectivity index (χ2n) is 6.55. The lowest BCUT2D eigenvalue weighted by molar-refractivity contribution is -0.385. The van der Waals surface area contributed by atoms with Gasteiger partial charge in [-0.25, -0.2) is 4.39 Å². The summed E-state index contributed by atoms with van der Waals surface area (Å²) >= 11 is 0. The topological polar surface area (TPSA) is 49.6 Å². The van der Waals surface area contributed by atoms with E-state index in [1.54, 1.807) is 0 Å². The van der Waals surface area contributed by atoms with Gasteiger partial charge in [0.05, 0.1) is 16.7 Å². The minimum absolute atomic E-state index is 0.0916. The number of nitrogens with zero attached hydrogens (tertiary/aromatic N) is 3. The Morgan fingerprint density at radius 2 is 2.00 bits per heavy atom. The summed E-state index contributed by atoms with van der Waals surface area (Å²) in [5.74, 6) is -0.528. The van der Waals surface area contributed by atoms with Crippen molar-refractivity contribution in [3.8, 4) is 0 Å². The molecule has 0 unspecified atom stereocenters. The molecule has 0 amide bonds. The standard InChI is InChI=1S/C15H22FN3O2/c1-11-10-17(15(2,3)4)7-8-18(11)14-6-5-12(19(20)21)9-13(14)16/h5-6,9,11H,7-8,10H2,1-4H3/t11-/m0/s1. The van der Waals surface area contributed by atoms with Crippen molar-refractivity contribution in [2.24, 2.45) is 0 Å². The highest BCUT2D eigenvalue weighted by atomic mass is 19.1. The largest absolute Gasteiger partial charge is 0.364 e. The molecular formula is C15H22FN3O2. The predicted octanol–water partition coefficient (Wildman–Crippen LogP) is 3.04. The molecule has 1 atom stereocenters. The van der Waals surface area contributed by atoms with E-state index in [1.165, 1.54) is 12.1 Å². The van der Waals surface area contributed by atoms with Crippen LogP contribution in [0, 0.1) is 15.9 Å². The molecule has 1 aliphatic rings. The van der Waals surface area contributed by atoms with Gasteiger partial charge in [-0.05, 0) is 33.8 Å². The van der Waals surface area contributed by atoms with E-state index in [1.807, 2.05) is 4.90 Å². The van der Waals surface area contributed by atoms with Gasteiger partial charge in [0.1, 0.15) is 0 Å². The molecule has 0 N–H and O–H groups in total. The summed E-state index contributed by atoms with van der Waals surface area (Å²) < 4.78 is 14.1. The summed E-state index contributed by atoms with van der Waals surface area (Å²) in [4.78, 5) is 14.5. The van der Waals surface area contributed by atoms with Gasteiger partial charge in [-0.3, -0.25) is 15.0 Å². The second-order valence-corrected chi connectivity index (χ2v) is 6.55. The van der Waals surface area contributed by atoms with Crippen LogP contribution in [0.15, 0.2) is 18.2 Å². The van der Waals surface area contributed by atoms with E-state index >= 15 is 0 Å². The fourth-order valence-electron chi connectivity index (χ4n) is 2.77. The first kappa shape index (κ1) is 15.7. The Bertz CT molecular complexity index is 542. The van der Waals surface area contributed by atoms with Crippen molar-refractivity contribution in [3.05, 3.63) is 34.1 Å². The van der Waals surface area contributed by atoms with Crippen LogP contribution < -0.4 is 4.90 Å². The number of nitro groups is 1. The molecule has 1 fully saturated rings. The van der Waals surface area contributed by atoms with Gasteiger partial charge in [-0.2, -0.15) is 0 Å². The number of non-ortho nitro benzene ring substituents is 1. The molecule has 0 saturated carbocycles. The van der Waals surface area contributed by atoms with E-state index in [0.717, 1.165) is 19.2 Å². The van der Waals surface area contributed by atoms with Crippen LogP contribution in [0.3, 0.4) is 0 Å². The molecule has 6 heteroatoms. The number of hydrogen-bond donors (Lipinski definition) is 0. The van der Waals surface area contributed by atoms with Crippen LogP contribution in [0.5, 0.6) is 0 Å². The molecule has 21 heavy (non-hydrogen) atoms. The van der Waals surface area contributed by atoms with E-state index in [9.17, 15) is 14.5 Å². The molecule has 0 bridgehead atoms. The van der Waals surface area contributed by atoms with Crippen molar-refractivity contribution in [3.63, 3.8) is 0 Å². The summed E-state index contributed by atoms with van der Waals surface area (Å²) in [6.45, 7) is 11.0. The molecule has 0 aromatic heterocycles. The van der Waals surface area contributed by atoms with Crippen LogP contribution >= 0.6 is 0 Å². The van der Waals surface area contributed by atoms with E-state index in [-0.39, 0.29) is 17.3 Å². The second kappa shape index (κ2) is 5.60. The first-order valence-corrected chi connectivity index (χ1v) is 7.16. The van der Waals surface area contributed by atoms with Gasteiger partial charge in [0.25, 0.3) is 5.69 Å². The smallest absolute Gasteiger partial charge is 0.272 e. The average Bonchev–Trinajstić information content (AvgIpc) is 2.38. The molecular weight excluding hydrogens is 273 g/mol. The molecule has 1 aromatic carbocycles. The Hall–Kier alpha value is -1.69. The maximum absolute atomic E-state index is 14.1. The van der Waals surface area contributed by atoms with E-state index in [2.05, 4.69) is 32.6 Å². The van der Waals surface area contributed by atoms with Crippen LogP contribution in [-0.2, 0) is 0 Å². The van der Waals surface area contributed by atoms with E-state index < -0.39 is 10.7 Å². The van der Waals surface area contributed by atoms with Crippen LogP contribution in [0.25, 0.3) is 0 Å². The van der Waals surface area contributed by atoms with Gasteiger partial charge in [0.2, 0.25) is 0 Å². The van der Waals surface area contributed by atoms with Crippen molar-refractivity contribution >= 4 is 11.4 Å². The summed E-state index contributed by atoms with van der Waals surface area (Å²) in [5, 5.41) is 10.7. The summed E-state index contributed by atoms with van der Waals surface area (Å²) in [6.07, 6.45) is 0. The highest BCUT2D eigenvalue weighted by molar-refractivity contribution is 5.53. The third kappa shape index (κ3) is 3.32. The normalized spacial score (nSPS) is 20.6. The summed E-state index contributed by atoms with van der Waals surface area (Å²) in [7, 11) is 0. The fourth-order valence-corrected chi connectivity index (χ4v) is 2.77. The molecule has 1 saturated heterocycles. The fraction of sp³-hybridized carbons (Fsp3) is 0.600. The Morgan fingerprint density at radius 3 is 2.48 bits per heavy atom. The number of nitro benzene ring substituents is 1. The van der Waals surface area contributed by atoms with Crippen molar-refractivity contribution in [1.29, 1.82) is 0 Å². The molecule has 116 valence electrons. The predicted molar refractivity (Wildman–Crippen MR) is 81.2 cm³/mol. The molecule has 1 aliphatic heterocycles. The van der Waals surface area contributed by atoms with Crippen molar-refractivity contribution < 1.29 is 9.31 Å². The summed E-state index contributed by atoms with van der Waals surface area (Å²) in [6, 6.07) is 4.03. The average molecular weight is 295 g/mol. The van der Waals surface area contributed by atoms with Gasteiger partial charge in [0, 0.05) is 37.3 Å². The Labute approximate surface area is 124 Å². The Balaban J connectivity index is 2.19. The molecule has 5 nitrogen and oxygen atoms in total. The zero-order valence-corrected chi connectivity index (χ0v) is 13.0. The molecule has 1 heterocycles. The van der Waals surface area contributed by atoms with Crippen LogP contribution in [-0.4, -0.2) is 41.0 Å². The first-order valence-electron chi connectivity index (χ1n) is 7.16. The Kier molecular flexibility index (Phi) is 4.18. The first-order chi connectivity index (χ1) is 9.70. The zero-order valence-electron chi connectivity index (χ0n) is 13.0. The van der Waals surface area contributed by atoms with Crippen molar-refractivity contribution in [2.45, 2.75) is 39.3 Å².